The number of rotatable bonds is 5. The van der Waals surface area contributed by atoms with Gasteiger partial charge in [-0.05, 0) is 23.8 Å². The Bertz CT molecular complexity index is 700. The van der Waals surface area contributed by atoms with Crippen molar-refractivity contribution in [3.63, 3.8) is 0 Å². The highest BCUT2D eigenvalue weighted by Crippen LogP contribution is 2.30. The first-order valence-corrected chi connectivity index (χ1v) is 7.11. The number of hydrogen-bond donors (Lipinski definition) is 3. The number of urea groups is 1. The van der Waals surface area contributed by atoms with Crippen molar-refractivity contribution in [2.45, 2.75) is 18.8 Å². The first-order chi connectivity index (χ1) is 11.3. The van der Waals surface area contributed by atoms with Crippen molar-refractivity contribution in [1.82, 2.24) is 20.4 Å². The van der Waals surface area contributed by atoms with Gasteiger partial charge in [0.15, 0.2) is 0 Å². The van der Waals surface area contributed by atoms with E-state index in [1.54, 1.807) is 24.0 Å². The molecule has 1 aromatic heterocycles. The summed E-state index contributed by atoms with van der Waals surface area (Å²) in [5.41, 5.74) is 0.0139. The Balaban J connectivity index is 1.85. The van der Waals surface area contributed by atoms with Gasteiger partial charge in [0, 0.05) is 19.8 Å². The zero-order chi connectivity index (χ0) is 17.7. The molecule has 1 heterocycles. The predicted molar refractivity (Wildman–Crippen MR) is 79.9 cm³/mol. The lowest BCUT2D eigenvalue weighted by atomic mass is 10.1. The summed E-state index contributed by atoms with van der Waals surface area (Å²) in [6.45, 7) is 0.0283. The van der Waals surface area contributed by atoms with Crippen molar-refractivity contribution < 1.29 is 23.1 Å². The van der Waals surface area contributed by atoms with E-state index < -0.39 is 23.9 Å². The third-order valence-electron chi connectivity index (χ3n) is 3.41. The Morgan fingerprint density at radius 1 is 1.33 bits per heavy atom. The molecule has 0 saturated heterocycles. The lowest BCUT2D eigenvalue weighted by Crippen LogP contribution is -2.37. The third kappa shape index (κ3) is 4.72. The highest BCUT2D eigenvalue weighted by molar-refractivity contribution is 5.73. The van der Waals surface area contributed by atoms with Gasteiger partial charge in [0.05, 0.1) is 23.9 Å². The first-order valence-electron chi connectivity index (χ1n) is 7.11. The topological polar surface area (TPSA) is 79.2 Å². The van der Waals surface area contributed by atoms with E-state index in [1.165, 1.54) is 12.1 Å². The van der Waals surface area contributed by atoms with Crippen LogP contribution in [-0.2, 0) is 19.8 Å². The molecule has 24 heavy (non-hydrogen) atoms. The van der Waals surface area contributed by atoms with Crippen LogP contribution >= 0.6 is 0 Å². The molecule has 2 amide bonds. The minimum Gasteiger partial charge on any atom is -0.387 e. The lowest BCUT2D eigenvalue weighted by Gasteiger charge is -2.15. The van der Waals surface area contributed by atoms with E-state index in [9.17, 15) is 23.1 Å². The fourth-order valence-corrected chi connectivity index (χ4v) is 2.04. The van der Waals surface area contributed by atoms with Gasteiger partial charge in [-0.2, -0.15) is 18.3 Å². The van der Waals surface area contributed by atoms with Crippen LogP contribution in [0.5, 0.6) is 0 Å². The van der Waals surface area contributed by atoms with Crippen LogP contribution < -0.4 is 10.6 Å². The molecule has 0 bridgehead atoms. The van der Waals surface area contributed by atoms with Gasteiger partial charge < -0.3 is 15.7 Å². The number of aryl methyl sites for hydroxylation is 1. The molecule has 1 aromatic carbocycles. The van der Waals surface area contributed by atoms with Crippen LogP contribution in [0.2, 0.25) is 0 Å². The van der Waals surface area contributed by atoms with Crippen LogP contribution in [0, 0.1) is 0 Å². The number of halogens is 3. The van der Waals surface area contributed by atoms with Crippen molar-refractivity contribution in [2.75, 3.05) is 6.54 Å². The summed E-state index contributed by atoms with van der Waals surface area (Å²) < 4.78 is 39.5. The normalized spacial score (nSPS) is 12.7. The maximum atomic E-state index is 12.6. The van der Waals surface area contributed by atoms with Crippen molar-refractivity contribution in [1.29, 1.82) is 0 Å². The molecule has 9 heteroatoms. The average Bonchev–Trinajstić information content (AvgIpc) is 2.95. The molecular formula is C15H17F3N4O2. The molecule has 0 aliphatic rings. The number of carbonyl (C=O) groups excluding carboxylic acids is 1. The second kappa shape index (κ2) is 7.35. The summed E-state index contributed by atoms with van der Waals surface area (Å²) in [5.74, 6) is 0. The summed E-state index contributed by atoms with van der Waals surface area (Å²) in [6, 6.07) is 5.56. The quantitative estimate of drug-likeness (QED) is 0.777. The molecule has 0 aliphatic heterocycles. The summed E-state index contributed by atoms with van der Waals surface area (Å²) in [5, 5.41) is 18.9. The number of aliphatic hydroxyl groups excluding tert-OH is 1. The minimum absolute atomic E-state index is 0.0803. The van der Waals surface area contributed by atoms with Crippen molar-refractivity contribution in [2.24, 2.45) is 7.05 Å². The largest absolute Gasteiger partial charge is 0.416 e. The number of nitrogens with one attached hydrogen (secondary N) is 2. The molecule has 1 atom stereocenters. The molecule has 0 radical (unpaired) electrons. The molecule has 6 nitrogen and oxygen atoms in total. The maximum Gasteiger partial charge on any atom is 0.416 e. The van der Waals surface area contributed by atoms with Gasteiger partial charge in [-0.1, -0.05) is 12.1 Å². The number of hydrogen-bond acceptors (Lipinski definition) is 3. The zero-order valence-corrected chi connectivity index (χ0v) is 12.8. The molecular weight excluding hydrogens is 325 g/mol. The number of aromatic nitrogens is 2. The average molecular weight is 342 g/mol. The van der Waals surface area contributed by atoms with Gasteiger partial charge in [-0.15, -0.1) is 0 Å². The number of carbonyl (C=O) groups is 1. The number of amides is 2. The van der Waals surface area contributed by atoms with Gasteiger partial charge in [0.25, 0.3) is 0 Å². The smallest absolute Gasteiger partial charge is 0.387 e. The second-order valence-corrected chi connectivity index (χ2v) is 5.15. The van der Waals surface area contributed by atoms with Crippen LogP contribution in [0.3, 0.4) is 0 Å². The Labute approximate surface area is 136 Å². The fourth-order valence-electron chi connectivity index (χ4n) is 2.04. The number of nitrogens with zero attached hydrogens (tertiary/aromatic N) is 2. The fraction of sp³-hybridized carbons (Fsp3) is 0.333. The van der Waals surface area contributed by atoms with E-state index in [4.69, 9.17) is 0 Å². The van der Waals surface area contributed by atoms with Crippen molar-refractivity contribution in [3.8, 4) is 0 Å². The van der Waals surface area contributed by atoms with Crippen LogP contribution in [0.4, 0.5) is 18.0 Å². The lowest BCUT2D eigenvalue weighted by molar-refractivity contribution is -0.137. The molecule has 0 fully saturated rings. The monoisotopic (exact) mass is 342 g/mol. The van der Waals surface area contributed by atoms with Gasteiger partial charge in [-0.25, -0.2) is 4.79 Å². The zero-order valence-electron chi connectivity index (χ0n) is 12.8. The van der Waals surface area contributed by atoms with Crippen LogP contribution in [0.15, 0.2) is 36.5 Å². The highest BCUT2D eigenvalue weighted by atomic mass is 19.4. The predicted octanol–water partition coefficient (Wildman–Crippen LogP) is 1.97. The van der Waals surface area contributed by atoms with E-state index >= 15 is 0 Å². The van der Waals surface area contributed by atoms with Gasteiger partial charge in [0.1, 0.15) is 0 Å². The van der Waals surface area contributed by atoms with E-state index in [1.807, 2.05) is 0 Å². The Morgan fingerprint density at radius 3 is 2.71 bits per heavy atom. The standard InChI is InChI=1S/C15H17F3N4O2/c1-22-12(5-6-21-22)8-19-14(24)20-9-13(23)10-3-2-4-11(7-10)15(16,17)18/h2-7,13,23H,8-9H2,1H3,(H2,19,20,24)/t13-/m0/s1. The molecule has 3 N–H and O–H groups in total. The summed E-state index contributed by atoms with van der Waals surface area (Å²) >= 11 is 0. The third-order valence-corrected chi connectivity index (χ3v) is 3.41. The second-order valence-electron chi connectivity index (χ2n) is 5.15. The maximum absolute atomic E-state index is 12.6. The van der Waals surface area contributed by atoms with Gasteiger partial charge in [0.2, 0.25) is 0 Å². The Hall–Kier alpha value is -2.55. The molecule has 2 aromatic rings. The molecule has 0 unspecified atom stereocenters. The molecule has 0 saturated carbocycles. The van der Waals surface area contributed by atoms with Crippen molar-refractivity contribution >= 4 is 6.03 Å². The van der Waals surface area contributed by atoms with Gasteiger partial charge in [-0.3, -0.25) is 4.68 Å². The first kappa shape index (κ1) is 17.8. The Morgan fingerprint density at radius 2 is 2.08 bits per heavy atom. The van der Waals surface area contributed by atoms with E-state index in [0.29, 0.717) is 0 Å². The van der Waals surface area contributed by atoms with Crippen LogP contribution in [0.25, 0.3) is 0 Å². The summed E-state index contributed by atoms with van der Waals surface area (Å²) in [6.07, 6.45) is -4.13. The molecule has 130 valence electrons. The summed E-state index contributed by atoms with van der Waals surface area (Å²) in [7, 11) is 1.73. The molecule has 0 aliphatic carbocycles. The SMILES string of the molecule is Cn1nccc1CNC(=O)NC[C@H](O)c1cccc(C(F)(F)F)c1. The Kier molecular flexibility index (Phi) is 5.45. The highest BCUT2D eigenvalue weighted by Gasteiger charge is 2.30. The summed E-state index contributed by atoms with van der Waals surface area (Å²) in [4.78, 5) is 11.7. The van der Waals surface area contributed by atoms with E-state index in [-0.39, 0.29) is 18.7 Å². The number of benzene rings is 1. The minimum atomic E-state index is -4.48. The number of alkyl halides is 3. The van der Waals surface area contributed by atoms with Gasteiger partial charge >= 0.3 is 12.2 Å². The van der Waals surface area contributed by atoms with Crippen LogP contribution in [0.1, 0.15) is 22.9 Å². The van der Waals surface area contributed by atoms with E-state index in [2.05, 4.69) is 15.7 Å². The molecule has 2 rings (SSSR count). The van der Waals surface area contributed by atoms with Crippen molar-refractivity contribution in [3.05, 3.63) is 53.3 Å². The van der Waals surface area contributed by atoms with Crippen LogP contribution in [-0.4, -0.2) is 27.5 Å². The number of aliphatic hydroxyl groups is 1. The van der Waals surface area contributed by atoms with E-state index in [0.717, 1.165) is 17.8 Å². The molecule has 0 spiro atoms.